The summed E-state index contributed by atoms with van der Waals surface area (Å²) in [6.07, 6.45) is 0. The van der Waals surface area contributed by atoms with Crippen LogP contribution in [-0.4, -0.2) is 83.2 Å². The van der Waals surface area contributed by atoms with Gasteiger partial charge in [-0.3, -0.25) is 19.4 Å². The Kier molecular flexibility index (Phi) is 28.2. The van der Waals surface area contributed by atoms with Crippen molar-refractivity contribution >= 4 is 23.9 Å². The molecule has 0 saturated heterocycles. The van der Waals surface area contributed by atoms with Crippen LogP contribution in [-0.2, 0) is 19.2 Å². The summed E-state index contributed by atoms with van der Waals surface area (Å²) in [6, 6.07) is 0. The van der Waals surface area contributed by atoms with E-state index in [0.29, 0.717) is 0 Å². The van der Waals surface area contributed by atoms with E-state index in [-0.39, 0.29) is 167 Å². The van der Waals surface area contributed by atoms with Crippen molar-refractivity contribution in [2.75, 3.05) is 39.3 Å². The normalized spacial score (nSPS) is 9.30. The Balaban J connectivity index is -0.000000602. The second kappa shape index (κ2) is 19.5. The van der Waals surface area contributed by atoms with Gasteiger partial charge in [0.1, 0.15) is 0 Å². The third-order valence-corrected chi connectivity index (χ3v) is 2.16. The zero-order valence-corrected chi connectivity index (χ0v) is 22.9. The molecule has 0 aliphatic rings. The van der Waals surface area contributed by atoms with E-state index in [1.165, 1.54) is 0 Å². The standard InChI is InChI=1S/C10H16N2O8.3K/c13-7(14)3-11(4-8(15)16)1-2-12(5-9(17)18)6-10(19)20;;;/h1-6H2,(H,13,14)(H,15,16)(H,17,18)(H,19,20);;;/q;3*+1/p-2. The zero-order chi connectivity index (χ0) is 15.7. The molecule has 0 aromatic rings. The van der Waals surface area contributed by atoms with Gasteiger partial charge in [0.25, 0.3) is 0 Å². The molecule has 0 aliphatic heterocycles. The summed E-state index contributed by atoms with van der Waals surface area (Å²) in [5, 5.41) is 38.0. The van der Waals surface area contributed by atoms with Crippen LogP contribution < -0.4 is 164 Å². The third kappa shape index (κ3) is 22.7. The minimum atomic E-state index is -1.51. The van der Waals surface area contributed by atoms with Gasteiger partial charge >= 0.3 is 166 Å². The molecule has 0 spiro atoms. The van der Waals surface area contributed by atoms with Gasteiger partial charge in [-0.25, -0.2) is 0 Å². The second-order valence-corrected chi connectivity index (χ2v) is 3.95. The third-order valence-electron chi connectivity index (χ3n) is 2.16. The molecule has 0 unspecified atom stereocenters. The predicted molar refractivity (Wildman–Crippen MR) is 58.2 cm³/mol. The number of hydrogen-bond acceptors (Lipinski definition) is 8. The Morgan fingerprint density at radius 1 is 0.652 bits per heavy atom. The van der Waals surface area contributed by atoms with Gasteiger partial charge in [0.15, 0.2) is 0 Å². The smallest absolute Gasteiger partial charge is 0.549 e. The van der Waals surface area contributed by atoms with Gasteiger partial charge in [-0.2, -0.15) is 0 Å². The first-order valence-corrected chi connectivity index (χ1v) is 5.48. The number of carbonyl (C=O) groups excluding carboxylic acids is 2. The summed E-state index contributed by atoms with van der Waals surface area (Å²) >= 11 is 0. The maximum absolute atomic E-state index is 10.5. The van der Waals surface area contributed by atoms with Gasteiger partial charge in [0.05, 0.1) is 25.0 Å². The molecule has 0 aliphatic carbocycles. The molecule has 0 saturated carbocycles. The van der Waals surface area contributed by atoms with E-state index in [0.717, 1.165) is 9.80 Å². The van der Waals surface area contributed by atoms with Crippen LogP contribution in [0.1, 0.15) is 0 Å². The predicted octanol–water partition coefficient (Wildman–Crippen LogP) is -13.7. The Labute approximate surface area is 260 Å². The summed E-state index contributed by atoms with van der Waals surface area (Å²) in [5.74, 6) is -5.52. The van der Waals surface area contributed by atoms with Gasteiger partial charge in [-0.05, 0) is 0 Å². The number of carbonyl (C=O) groups is 4. The molecular weight excluding hydrogens is 393 g/mol. The average molecular weight is 408 g/mol. The average Bonchev–Trinajstić information content (AvgIpc) is 2.22. The number of hydrogen-bond donors (Lipinski definition) is 2. The molecule has 0 aromatic heterocycles. The van der Waals surface area contributed by atoms with Crippen molar-refractivity contribution < 1.29 is 194 Å². The van der Waals surface area contributed by atoms with E-state index in [4.69, 9.17) is 10.2 Å². The molecule has 114 valence electrons. The minimum absolute atomic E-state index is 0. The molecule has 0 amide bonds. The van der Waals surface area contributed by atoms with E-state index in [2.05, 4.69) is 0 Å². The Hall–Kier alpha value is 2.71. The number of aliphatic carboxylic acids is 4. The molecule has 0 bridgehead atoms. The maximum Gasteiger partial charge on any atom is 1.00 e. The molecule has 0 heterocycles. The largest absolute Gasteiger partial charge is 1.00 e. The summed E-state index contributed by atoms with van der Waals surface area (Å²) in [7, 11) is 0. The van der Waals surface area contributed by atoms with Gasteiger partial charge in [-0.1, -0.05) is 0 Å². The Morgan fingerprint density at radius 3 is 1.13 bits per heavy atom. The van der Waals surface area contributed by atoms with Crippen molar-refractivity contribution in [3.63, 3.8) is 0 Å². The van der Waals surface area contributed by atoms with Crippen molar-refractivity contribution in [1.82, 2.24) is 9.80 Å². The summed E-state index contributed by atoms with van der Waals surface area (Å²) < 4.78 is 0. The fourth-order valence-corrected chi connectivity index (χ4v) is 1.46. The van der Waals surface area contributed by atoms with E-state index in [1.54, 1.807) is 0 Å². The molecule has 0 atom stereocenters. The fraction of sp³-hybridized carbons (Fsp3) is 0.600. The Morgan fingerprint density at radius 2 is 0.913 bits per heavy atom. The Bertz CT molecular complexity index is 328. The maximum atomic E-state index is 10.5. The first kappa shape index (κ1) is 33.3. The van der Waals surface area contributed by atoms with Crippen LogP contribution in [0, 0.1) is 0 Å². The summed E-state index contributed by atoms with van der Waals surface area (Å²) in [4.78, 5) is 43.9. The van der Waals surface area contributed by atoms with Crippen molar-refractivity contribution in [3.8, 4) is 0 Å². The van der Waals surface area contributed by atoms with E-state index >= 15 is 0 Å². The number of carboxylic acids is 4. The number of carboxylic acid groups (broad SMARTS) is 4. The molecule has 13 heteroatoms. The molecule has 0 fully saturated rings. The molecule has 2 N–H and O–H groups in total. The van der Waals surface area contributed by atoms with E-state index in [9.17, 15) is 29.4 Å². The summed E-state index contributed by atoms with van der Waals surface area (Å²) in [6.45, 7) is -2.75. The van der Waals surface area contributed by atoms with Gasteiger partial charge in [0, 0.05) is 26.2 Å². The van der Waals surface area contributed by atoms with Crippen LogP contribution in [0.4, 0.5) is 0 Å². The molecule has 10 nitrogen and oxygen atoms in total. The van der Waals surface area contributed by atoms with Gasteiger partial charge in [-0.15, -0.1) is 0 Å². The number of rotatable bonds is 11. The van der Waals surface area contributed by atoms with Gasteiger partial charge in [0.2, 0.25) is 0 Å². The zero-order valence-electron chi connectivity index (χ0n) is 13.5. The van der Waals surface area contributed by atoms with Crippen LogP contribution in [0.5, 0.6) is 0 Å². The monoisotopic (exact) mass is 407 g/mol. The van der Waals surface area contributed by atoms with Gasteiger partial charge < -0.3 is 30.0 Å². The first-order chi connectivity index (χ1) is 9.20. The first-order valence-electron chi connectivity index (χ1n) is 5.48. The molecule has 0 rings (SSSR count). The van der Waals surface area contributed by atoms with Crippen LogP contribution >= 0.6 is 0 Å². The van der Waals surface area contributed by atoms with Crippen molar-refractivity contribution in [2.24, 2.45) is 0 Å². The van der Waals surface area contributed by atoms with Crippen molar-refractivity contribution in [2.45, 2.75) is 0 Å². The molecule has 23 heavy (non-hydrogen) atoms. The molecule has 0 aromatic carbocycles. The van der Waals surface area contributed by atoms with Crippen molar-refractivity contribution in [1.29, 1.82) is 0 Å². The minimum Gasteiger partial charge on any atom is -0.549 e. The SMILES string of the molecule is O=C([O-])CN(CCN(CC(=O)O)CC(=O)O)CC(=O)[O-].[K+].[K+].[K+]. The van der Waals surface area contributed by atoms with Crippen LogP contribution in [0.3, 0.4) is 0 Å². The fourth-order valence-electron chi connectivity index (χ4n) is 1.46. The topological polar surface area (TPSA) is 161 Å². The molecule has 0 radical (unpaired) electrons. The second-order valence-electron chi connectivity index (χ2n) is 3.95. The van der Waals surface area contributed by atoms with Crippen LogP contribution in [0.25, 0.3) is 0 Å². The quantitative estimate of drug-likeness (QED) is 0.315. The van der Waals surface area contributed by atoms with E-state index in [1.807, 2.05) is 0 Å². The van der Waals surface area contributed by atoms with Crippen LogP contribution in [0.2, 0.25) is 0 Å². The van der Waals surface area contributed by atoms with Crippen LogP contribution in [0.15, 0.2) is 0 Å². The number of nitrogens with zero attached hydrogens (tertiary/aromatic N) is 2. The molecular formula is C10H14K3N2O8+. The summed E-state index contributed by atoms with van der Waals surface area (Å²) in [5.41, 5.74) is 0. The van der Waals surface area contributed by atoms with E-state index < -0.39 is 50.1 Å². The van der Waals surface area contributed by atoms with Crippen molar-refractivity contribution in [3.05, 3.63) is 0 Å².